The molecule has 3 nitrogen and oxygen atoms in total. The second-order valence-electron chi connectivity index (χ2n) is 5.38. The number of nitrogens with two attached hydrogens (primary N) is 1. The summed E-state index contributed by atoms with van der Waals surface area (Å²) in [5.74, 6) is 0. The van der Waals surface area contributed by atoms with E-state index in [1.807, 2.05) is 0 Å². The number of rotatable bonds is 14. The monoisotopic (exact) mass is 275 g/mol. The van der Waals surface area contributed by atoms with E-state index >= 15 is 0 Å². The molecule has 0 amide bonds. The topological polar surface area (TPSA) is 96.0 Å². The average Bonchev–Trinajstić information content (AvgIpc) is 2.35. The van der Waals surface area contributed by atoms with Gasteiger partial charge in [-0.2, -0.15) is 0 Å². The maximum absolute atomic E-state index is 5.47. The zero-order valence-corrected chi connectivity index (χ0v) is 13.6. The van der Waals surface area contributed by atoms with Crippen LogP contribution < -0.4 is 18.0 Å². The van der Waals surface area contributed by atoms with Gasteiger partial charge in [0.2, 0.25) is 0 Å². The summed E-state index contributed by atoms with van der Waals surface area (Å²) in [4.78, 5) is 0. The third-order valence-electron chi connectivity index (χ3n) is 3.56. The Hall–Kier alpha value is -0.120. The van der Waals surface area contributed by atoms with E-state index in [2.05, 4.69) is 6.92 Å². The molecule has 0 saturated heterocycles. The highest BCUT2D eigenvalue weighted by Gasteiger charge is 1.93. The minimum absolute atomic E-state index is 0. The minimum Gasteiger partial charge on any atom is -0.344 e. The fraction of sp³-hybridized carbons (Fsp3) is 1.00. The van der Waals surface area contributed by atoms with Crippen LogP contribution in [0.2, 0.25) is 0 Å². The predicted octanol–water partition coefficient (Wildman–Crippen LogP) is 5.75. The van der Waals surface area contributed by atoms with Gasteiger partial charge in [0.25, 0.3) is 0 Å². The van der Waals surface area contributed by atoms with Crippen molar-refractivity contribution in [3.05, 3.63) is 0 Å². The van der Waals surface area contributed by atoms with Crippen LogP contribution >= 0.6 is 0 Å². The van der Waals surface area contributed by atoms with Crippen molar-refractivity contribution in [1.29, 1.82) is 0 Å². The van der Waals surface area contributed by atoms with E-state index in [0.29, 0.717) is 0 Å². The van der Waals surface area contributed by atoms with Crippen molar-refractivity contribution >= 4 is 0 Å². The van der Waals surface area contributed by atoms with Crippen LogP contribution in [0.1, 0.15) is 96.8 Å². The Labute approximate surface area is 122 Å². The Morgan fingerprint density at radius 1 is 0.474 bits per heavy atom. The van der Waals surface area contributed by atoms with Crippen molar-refractivity contribution in [3.8, 4) is 0 Å². The summed E-state index contributed by atoms with van der Waals surface area (Å²) in [7, 11) is 0. The zero-order chi connectivity index (χ0) is 12.6. The summed E-state index contributed by atoms with van der Waals surface area (Å²) in [6, 6.07) is 0. The van der Waals surface area contributed by atoms with E-state index in [9.17, 15) is 0 Å². The molecule has 0 unspecified atom stereocenters. The van der Waals surface area contributed by atoms with Gasteiger partial charge in [0.15, 0.2) is 0 Å². The minimum atomic E-state index is 0. The van der Waals surface area contributed by atoms with Crippen molar-refractivity contribution in [2.75, 3.05) is 6.54 Å². The number of unbranched alkanes of at least 4 members (excludes halogenated alkanes) is 13. The standard InChI is InChI=1S/C16H35N.2H3N/c1-2-3-4-5-6-7-8-9-10-11-12-13-14-15-16-17;;/h2-17H2,1H3;2*1H3. The lowest BCUT2D eigenvalue weighted by Gasteiger charge is -2.02. The van der Waals surface area contributed by atoms with Crippen LogP contribution in [-0.2, 0) is 0 Å². The molecule has 3 heteroatoms. The first kappa shape index (κ1) is 23.9. The van der Waals surface area contributed by atoms with Crippen LogP contribution in [0.25, 0.3) is 0 Å². The molecule has 19 heavy (non-hydrogen) atoms. The third kappa shape index (κ3) is 23.4. The molecule has 0 atom stereocenters. The second kappa shape index (κ2) is 23.0. The molecule has 0 aliphatic carbocycles. The molecule has 0 rings (SSSR count). The summed E-state index contributed by atoms with van der Waals surface area (Å²) in [6.07, 6.45) is 19.9. The fourth-order valence-corrected chi connectivity index (χ4v) is 2.34. The summed E-state index contributed by atoms with van der Waals surface area (Å²) < 4.78 is 0. The van der Waals surface area contributed by atoms with Crippen molar-refractivity contribution < 1.29 is 0 Å². The SMILES string of the molecule is CCCCCCCCCCCCCCCCN.N.N. The van der Waals surface area contributed by atoms with E-state index in [1.54, 1.807) is 0 Å². The van der Waals surface area contributed by atoms with Gasteiger partial charge in [0.1, 0.15) is 0 Å². The summed E-state index contributed by atoms with van der Waals surface area (Å²) in [5, 5.41) is 0. The van der Waals surface area contributed by atoms with Crippen LogP contribution in [0.4, 0.5) is 0 Å². The first-order valence-electron chi connectivity index (χ1n) is 8.12. The molecule has 0 aromatic carbocycles. The van der Waals surface area contributed by atoms with Crippen molar-refractivity contribution in [2.45, 2.75) is 96.8 Å². The highest BCUT2D eigenvalue weighted by Crippen LogP contribution is 2.12. The van der Waals surface area contributed by atoms with E-state index in [0.717, 1.165) is 6.54 Å². The Balaban J connectivity index is -0.00000128. The zero-order valence-electron chi connectivity index (χ0n) is 13.6. The molecule has 0 aromatic rings. The van der Waals surface area contributed by atoms with Gasteiger partial charge in [0, 0.05) is 0 Å². The molecule has 0 bridgehead atoms. The number of hydrogen-bond acceptors (Lipinski definition) is 3. The molecule has 0 aliphatic rings. The Morgan fingerprint density at radius 3 is 1.00 bits per heavy atom. The van der Waals surface area contributed by atoms with E-state index in [-0.39, 0.29) is 12.3 Å². The highest BCUT2D eigenvalue weighted by atomic mass is 14.5. The highest BCUT2D eigenvalue weighted by molar-refractivity contribution is 4.49. The van der Waals surface area contributed by atoms with Crippen LogP contribution in [0.5, 0.6) is 0 Å². The van der Waals surface area contributed by atoms with Gasteiger partial charge in [0.05, 0.1) is 0 Å². The van der Waals surface area contributed by atoms with Crippen LogP contribution in [0.15, 0.2) is 0 Å². The average molecular weight is 276 g/mol. The van der Waals surface area contributed by atoms with E-state index in [1.165, 1.54) is 89.9 Å². The lowest BCUT2D eigenvalue weighted by atomic mass is 10.0. The molecule has 0 aliphatic heterocycles. The van der Waals surface area contributed by atoms with Crippen molar-refractivity contribution in [3.63, 3.8) is 0 Å². The molecule has 0 fully saturated rings. The van der Waals surface area contributed by atoms with Gasteiger partial charge in [-0.15, -0.1) is 0 Å². The normalized spacial score (nSPS) is 9.79. The summed E-state index contributed by atoms with van der Waals surface area (Å²) in [5.41, 5.74) is 5.47. The maximum Gasteiger partial charge on any atom is -0.00773 e. The molecule has 0 spiro atoms. The van der Waals surface area contributed by atoms with Crippen LogP contribution in [0.3, 0.4) is 0 Å². The molecule has 0 heterocycles. The smallest absolute Gasteiger partial charge is 0.00773 e. The Kier molecular flexibility index (Phi) is 29.0. The maximum atomic E-state index is 5.47. The van der Waals surface area contributed by atoms with Crippen LogP contribution in [-0.4, -0.2) is 6.54 Å². The lowest BCUT2D eigenvalue weighted by molar-refractivity contribution is 0.536. The van der Waals surface area contributed by atoms with E-state index in [4.69, 9.17) is 5.73 Å². The number of hydrogen-bond donors (Lipinski definition) is 3. The lowest BCUT2D eigenvalue weighted by Crippen LogP contribution is -1.97. The first-order chi connectivity index (χ1) is 8.41. The predicted molar refractivity (Wildman–Crippen MR) is 89.4 cm³/mol. The van der Waals surface area contributed by atoms with Gasteiger partial charge in [-0.3, -0.25) is 0 Å². The molecule has 8 N–H and O–H groups in total. The van der Waals surface area contributed by atoms with Crippen molar-refractivity contribution in [2.24, 2.45) is 5.73 Å². The molecular weight excluding hydrogens is 234 g/mol. The van der Waals surface area contributed by atoms with Crippen LogP contribution in [0, 0.1) is 0 Å². The van der Waals surface area contributed by atoms with Crippen molar-refractivity contribution in [1.82, 2.24) is 12.3 Å². The Morgan fingerprint density at radius 2 is 0.737 bits per heavy atom. The molecular formula is C16H41N3. The van der Waals surface area contributed by atoms with Gasteiger partial charge < -0.3 is 18.0 Å². The second-order valence-corrected chi connectivity index (χ2v) is 5.38. The van der Waals surface area contributed by atoms with Gasteiger partial charge in [-0.1, -0.05) is 90.4 Å². The molecule has 0 radical (unpaired) electrons. The molecule has 120 valence electrons. The quantitative estimate of drug-likeness (QED) is 0.352. The van der Waals surface area contributed by atoms with E-state index < -0.39 is 0 Å². The largest absolute Gasteiger partial charge is 0.344 e. The first-order valence-corrected chi connectivity index (χ1v) is 8.12. The molecule has 0 aromatic heterocycles. The van der Waals surface area contributed by atoms with Gasteiger partial charge in [-0.05, 0) is 13.0 Å². The van der Waals surface area contributed by atoms with Gasteiger partial charge >= 0.3 is 0 Å². The fourth-order valence-electron chi connectivity index (χ4n) is 2.34. The third-order valence-corrected chi connectivity index (χ3v) is 3.56. The summed E-state index contributed by atoms with van der Waals surface area (Å²) >= 11 is 0. The Bertz CT molecular complexity index is 115. The summed E-state index contributed by atoms with van der Waals surface area (Å²) in [6.45, 7) is 3.16. The van der Waals surface area contributed by atoms with Gasteiger partial charge in [-0.25, -0.2) is 0 Å². The molecule has 0 saturated carbocycles.